The van der Waals surface area contributed by atoms with Crippen molar-refractivity contribution < 1.29 is 9.21 Å². The van der Waals surface area contributed by atoms with E-state index in [2.05, 4.69) is 39.6 Å². The standard InChI is InChI=1S/C25H32N6O2.HI/c1-3-27-25(30-16-22-17(2)20-8-4-5-9-21(20)33-22)29-15-19-7-6-12-28-24(19)31-13-10-18(11-14-31)23(26)32;/h4-9,12,18H,3,10-11,13-16H2,1-2H3,(H2,26,32)(H2,27,29,30);1H. The van der Waals surface area contributed by atoms with E-state index >= 15 is 0 Å². The van der Waals surface area contributed by atoms with E-state index in [1.807, 2.05) is 31.2 Å². The van der Waals surface area contributed by atoms with Gasteiger partial charge in [-0.1, -0.05) is 24.3 Å². The van der Waals surface area contributed by atoms with Crippen LogP contribution in [0.15, 0.2) is 52.0 Å². The molecule has 0 spiro atoms. The first-order chi connectivity index (χ1) is 16.1. The Morgan fingerprint density at radius 2 is 1.97 bits per heavy atom. The molecule has 0 atom stereocenters. The van der Waals surface area contributed by atoms with E-state index in [4.69, 9.17) is 15.1 Å². The van der Waals surface area contributed by atoms with Crippen molar-refractivity contribution in [3.63, 3.8) is 0 Å². The van der Waals surface area contributed by atoms with Gasteiger partial charge in [0.1, 0.15) is 17.2 Å². The molecule has 3 aromatic rings. The van der Waals surface area contributed by atoms with E-state index in [1.165, 1.54) is 0 Å². The summed E-state index contributed by atoms with van der Waals surface area (Å²) in [6, 6.07) is 12.1. The van der Waals surface area contributed by atoms with Crippen LogP contribution >= 0.6 is 24.0 Å². The van der Waals surface area contributed by atoms with E-state index in [9.17, 15) is 4.79 Å². The summed E-state index contributed by atoms with van der Waals surface area (Å²) in [5.74, 6) is 2.30. The molecule has 1 saturated heterocycles. The maximum Gasteiger partial charge on any atom is 0.220 e. The van der Waals surface area contributed by atoms with Gasteiger partial charge < -0.3 is 25.7 Å². The van der Waals surface area contributed by atoms with E-state index in [1.54, 1.807) is 6.20 Å². The van der Waals surface area contributed by atoms with Crippen LogP contribution in [0.5, 0.6) is 0 Å². The summed E-state index contributed by atoms with van der Waals surface area (Å²) in [7, 11) is 0. The number of aromatic nitrogens is 1. The van der Waals surface area contributed by atoms with Gasteiger partial charge >= 0.3 is 0 Å². The number of halogens is 1. The molecule has 1 fully saturated rings. The number of nitrogens with two attached hydrogens (primary N) is 1. The van der Waals surface area contributed by atoms with Crippen LogP contribution in [0.1, 0.15) is 36.7 Å². The quantitative estimate of drug-likeness (QED) is 0.225. The summed E-state index contributed by atoms with van der Waals surface area (Å²) in [6.07, 6.45) is 3.32. The first kappa shape index (κ1) is 25.8. The lowest BCUT2D eigenvalue weighted by atomic mass is 9.96. The number of rotatable bonds is 7. The highest BCUT2D eigenvalue weighted by molar-refractivity contribution is 14.0. The van der Waals surface area contributed by atoms with Crippen LogP contribution in [0.2, 0.25) is 0 Å². The smallest absolute Gasteiger partial charge is 0.220 e. The lowest BCUT2D eigenvalue weighted by molar-refractivity contribution is -0.122. The van der Waals surface area contributed by atoms with Crippen molar-refractivity contribution in [2.24, 2.45) is 16.6 Å². The summed E-state index contributed by atoms with van der Waals surface area (Å²) in [6.45, 7) is 7.46. The summed E-state index contributed by atoms with van der Waals surface area (Å²) < 4.78 is 6.02. The SMILES string of the molecule is CCNC(=NCc1cccnc1N1CCC(C(N)=O)CC1)NCc1oc2ccccc2c1C.I. The molecule has 0 radical (unpaired) electrons. The first-order valence-electron chi connectivity index (χ1n) is 11.5. The van der Waals surface area contributed by atoms with Crippen molar-refractivity contribution in [1.82, 2.24) is 15.6 Å². The Morgan fingerprint density at radius 1 is 1.21 bits per heavy atom. The fourth-order valence-electron chi connectivity index (χ4n) is 4.28. The molecule has 0 saturated carbocycles. The van der Waals surface area contributed by atoms with Crippen LogP contribution in [-0.4, -0.2) is 36.5 Å². The Bertz CT molecular complexity index is 1140. The van der Waals surface area contributed by atoms with Gasteiger partial charge in [0.25, 0.3) is 0 Å². The summed E-state index contributed by atoms with van der Waals surface area (Å²) in [5, 5.41) is 7.83. The number of nitrogens with zero attached hydrogens (tertiary/aromatic N) is 3. The van der Waals surface area contributed by atoms with Gasteiger partial charge in [0.15, 0.2) is 5.96 Å². The van der Waals surface area contributed by atoms with Crippen LogP contribution in [-0.2, 0) is 17.9 Å². The van der Waals surface area contributed by atoms with E-state index in [0.717, 1.165) is 72.1 Å². The highest BCUT2D eigenvalue weighted by atomic mass is 127. The lowest BCUT2D eigenvalue weighted by Crippen LogP contribution is -2.39. The topological polar surface area (TPSA) is 109 Å². The number of hydrogen-bond donors (Lipinski definition) is 3. The first-order valence-corrected chi connectivity index (χ1v) is 11.5. The fraction of sp³-hybridized carbons (Fsp3) is 0.400. The van der Waals surface area contributed by atoms with Gasteiger partial charge in [-0.3, -0.25) is 4.79 Å². The molecule has 182 valence electrons. The molecule has 1 amide bonds. The molecule has 1 aliphatic rings. The zero-order valence-electron chi connectivity index (χ0n) is 19.7. The highest BCUT2D eigenvalue weighted by Gasteiger charge is 2.25. The number of fused-ring (bicyclic) bond motifs is 1. The Kier molecular flexibility index (Phi) is 9.14. The highest BCUT2D eigenvalue weighted by Crippen LogP contribution is 2.26. The maximum atomic E-state index is 11.5. The number of hydrogen-bond acceptors (Lipinski definition) is 5. The van der Waals surface area contributed by atoms with Crippen LogP contribution in [0.25, 0.3) is 11.0 Å². The second-order valence-corrected chi connectivity index (χ2v) is 8.34. The molecule has 9 heteroatoms. The molecule has 0 bridgehead atoms. The zero-order valence-corrected chi connectivity index (χ0v) is 22.0. The van der Waals surface area contributed by atoms with E-state index < -0.39 is 0 Å². The molecule has 34 heavy (non-hydrogen) atoms. The number of piperidine rings is 1. The molecule has 4 rings (SSSR count). The predicted octanol–water partition coefficient (Wildman–Crippen LogP) is 3.71. The van der Waals surface area contributed by atoms with Crippen molar-refractivity contribution >= 4 is 52.6 Å². The third-order valence-electron chi connectivity index (χ3n) is 6.17. The number of aliphatic imine (C=N–C) groups is 1. The number of primary amides is 1. The van der Waals surface area contributed by atoms with Gasteiger partial charge in [0.05, 0.1) is 13.1 Å². The van der Waals surface area contributed by atoms with Crippen LogP contribution in [0, 0.1) is 12.8 Å². The van der Waals surface area contributed by atoms with Crippen LogP contribution in [0.4, 0.5) is 5.82 Å². The zero-order chi connectivity index (χ0) is 23.2. The Balaban J connectivity index is 0.00000324. The van der Waals surface area contributed by atoms with Gasteiger partial charge in [-0.25, -0.2) is 9.98 Å². The summed E-state index contributed by atoms with van der Waals surface area (Å²) >= 11 is 0. The van der Waals surface area contributed by atoms with Crippen LogP contribution < -0.4 is 21.3 Å². The second kappa shape index (κ2) is 12.0. The molecule has 0 unspecified atom stereocenters. The molecule has 8 nitrogen and oxygen atoms in total. The van der Waals surface area contributed by atoms with Crippen LogP contribution in [0.3, 0.4) is 0 Å². The summed E-state index contributed by atoms with van der Waals surface area (Å²) in [4.78, 5) is 23.1. The van der Waals surface area contributed by atoms with E-state index in [-0.39, 0.29) is 35.8 Å². The molecule has 4 N–H and O–H groups in total. The maximum absolute atomic E-state index is 11.5. The number of nitrogens with one attached hydrogen (secondary N) is 2. The molecule has 2 aromatic heterocycles. The number of carbonyl (C=O) groups is 1. The largest absolute Gasteiger partial charge is 0.459 e. The average molecular weight is 576 g/mol. The summed E-state index contributed by atoms with van der Waals surface area (Å²) in [5.41, 5.74) is 8.57. The van der Waals surface area contributed by atoms with Gasteiger partial charge in [-0.15, -0.1) is 24.0 Å². The Labute approximate surface area is 217 Å². The number of guanidine groups is 1. The molecule has 0 aliphatic carbocycles. The molecular formula is C25H33IN6O2. The third-order valence-corrected chi connectivity index (χ3v) is 6.17. The number of para-hydroxylation sites is 1. The Morgan fingerprint density at radius 3 is 2.68 bits per heavy atom. The van der Waals surface area contributed by atoms with Crippen molar-refractivity contribution in [2.45, 2.75) is 39.8 Å². The third kappa shape index (κ3) is 5.99. The number of anilines is 1. The number of carbonyl (C=O) groups excluding carboxylic acids is 1. The van der Waals surface area contributed by atoms with Crippen molar-refractivity contribution in [3.8, 4) is 0 Å². The number of aryl methyl sites for hydroxylation is 1. The monoisotopic (exact) mass is 576 g/mol. The predicted molar refractivity (Wildman–Crippen MR) is 146 cm³/mol. The molecule has 3 heterocycles. The molecule has 1 aromatic carbocycles. The second-order valence-electron chi connectivity index (χ2n) is 8.34. The van der Waals surface area contributed by atoms with Crippen molar-refractivity contribution in [1.29, 1.82) is 0 Å². The fourth-order valence-corrected chi connectivity index (χ4v) is 4.28. The molecular weight excluding hydrogens is 543 g/mol. The molecule has 1 aliphatic heterocycles. The van der Waals surface area contributed by atoms with Crippen molar-refractivity contribution in [2.75, 3.05) is 24.5 Å². The van der Waals surface area contributed by atoms with E-state index in [0.29, 0.717) is 13.1 Å². The van der Waals surface area contributed by atoms with Gasteiger partial charge in [-0.2, -0.15) is 0 Å². The minimum atomic E-state index is -0.207. The minimum Gasteiger partial charge on any atom is -0.459 e. The van der Waals surface area contributed by atoms with Crippen molar-refractivity contribution in [3.05, 3.63) is 59.5 Å². The van der Waals surface area contributed by atoms with Gasteiger partial charge in [0, 0.05) is 48.3 Å². The number of benzene rings is 1. The lowest BCUT2D eigenvalue weighted by Gasteiger charge is -2.32. The minimum absolute atomic E-state index is 0. The number of amides is 1. The number of furan rings is 1. The van der Waals surface area contributed by atoms with Gasteiger partial charge in [-0.05, 0) is 38.8 Å². The normalized spacial score (nSPS) is 14.6. The Hall–Kier alpha value is -2.82. The van der Waals surface area contributed by atoms with Gasteiger partial charge in [0.2, 0.25) is 5.91 Å². The number of pyridine rings is 1. The average Bonchev–Trinajstić information content (AvgIpc) is 3.16.